The lowest BCUT2D eigenvalue weighted by Crippen LogP contribution is -2.27. The van der Waals surface area contributed by atoms with E-state index in [0.29, 0.717) is 15.9 Å². The van der Waals surface area contributed by atoms with E-state index in [2.05, 4.69) is 20.9 Å². The average molecular weight is 334 g/mol. The van der Waals surface area contributed by atoms with Crippen LogP contribution in [0.5, 0.6) is 0 Å². The summed E-state index contributed by atoms with van der Waals surface area (Å²) in [6.07, 6.45) is 1.36. The van der Waals surface area contributed by atoms with Crippen LogP contribution < -0.4 is 4.90 Å². The molecule has 0 N–H and O–H groups in total. The number of rotatable bonds is 2. The zero-order valence-electron chi connectivity index (χ0n) is 10.5. The lowest BCUT2D eigenvalue weighted by Gasteiger charge is -2.16. The molecular formula is C14H9BrFN3O. The second kappa shape index (κ2) is 5.80. The van der Waals surface area contributed by atoms with E-state index in [1.807, 2.05) is 6.07 Å². The number of hydrogen-bond donors (Lipinski definition) is 0. The molecule has 0 saturated heterocycles. The van der Waals surface area contributed by atoms with Gasteiger partial charge in [0.2, 0.25) is 0 Å². The zero-order chi connectivity index (χ0) is 14.7. The van der Waals surface area contributed by atoms with Gasteiger partial charge in [0.1, 0.15) is 17.7 Å². The van der Waals surface area contributed by atoms with Gasteiger partial charge in [0.05, 0.1) is 11.1 Å². The highest BCUT2D eigenvalue weighted by molar-refractivity contribution is 9.10. The number of halogens is 2. The minimum Gasteiger partial charge on any atom is -0.296 e. The molecule has 0 aliphatic carbocycles. The van der Waals surface area contributed by atoms with Gasteiger partial charge in [-0.25, -0.2) is 9.37 Å². The summed E-state index contributed by atoms with van der Waals surface area (Å²) in [7, 11) is 1.50. The minimum absolute atomic E-state index is 0.0481. The standard InChI is InChI=1S/C14H9BrFN3O/c1-19(13-5-2-9(7-17)8-18-13)14(20)11-6-10(15)3-4-12(11)16/h2-6,8H,1H3. The van der Waals surface area contributed by atoms with Crippen molar-refractivity contribution in [3.8, 4) is 6.07 Å². The topological polar surface area (TPSA) is 57.0 Å². The predicted molar refractivity (Wildman–Crippen MR) is 75.8 cm³/mol. The van der Waals surface area contributed by atoms with E-state index in [4.69, 9.17) is 5.26 Å². The molecule has 1 amide bonds. The lowest BCUT2D eigenvalue weighted by atomic mass is 10.2. The fourth-order valence-electron chi connectivity index (χ4n) is 1.60. The first-order valence-electron chi connectivity index (χ1n) is 5.62. The molecule has 2 rings (SSSR count). The van der Waals surface area contributed by atoms with E-state index >= 15 is 0 Å². The van der Waals surface area contributed by atoms with E-state index in [1.54, 1.807) is 6.07 Å². The first-order chi connectivity index (χ1) is 9.52. The van der Waals surface area contributed by atoms with E-state index in [0.717, 1.165) is 0 Å². The van der Waals surface area contributed by atoms with Crippen LogP contribution in [0.2, 0.25) is 0 Å². The number of carbonyl (C=O) groups excluding carboxylic acids is 1. The van der Waals surface area contributed by atoms with Gasteiger partial charge in [0.15, 0.2) is 0 Å². The fourth-order valence-corrected chi connectivity index (χ4v) is 1.96. The van der Waals surface area contributed by atoms with E-state index < -0.39 is 11.7 Å². The summed E-state index contributed by atoms with van der Waals surface area (Å²) in [4.78, 5) is 17.5. The maximum absolute atomic E-state index is 13.7. The van der Waals surface area contributed by atoms with Crippen LogP contribution in [-0.4, -0.2) is 17.9 Å². The average Bonchev–Trinajstić information content (AvgIpc) is 2.48. The van der Waals surface area contributed by atoms with Crippen molar-refractivity contribution in [2.75, 3.05) is 11.9 Å². The molecule has 20 heavy (non-hydrogen) atoms. The third kappa shape index (κ3) is 2.83. The van der Waals surface area contributed by atoms with Gasteiger partial charge in [-0.1, -0.05) is 15.9 Å². The van der Waals surface area contributed by atoms with Gasteiger partial charge < -0.3 is 0 Å². The predicted octanol–water partition coefficient (Wildman–Crippen LogP) is 3.13. The Labute approximate surface area is 123 Å². The highest BCUT2D eigenvalue weighted by Gasteiger charge is 2.18. The first-order valence-corrected chi connectivity index (χ1v) is 6.41. The monoisotopic (exact) mass is 333 g/mol. The number of carbonyl (C=O) groups is 1. The SMILES string of the molecule is CN(C(=O)c1cc(Br)ccc1F)c1ccc(C#N)cn1. The summed E-state index contributed by atoms with van der Waals surface area (Å²) in [5, 5.41) is 8.70. The van der Waals surface area contributed by atoms with Gasteiger partial charge >= 0.3 is 0 Å². The van der Waals surface area contributed by atoms with Crippen LogP contribution in [-0.2, 0) is 0 Å². The van der Waals surface area contributed by atoms with Crippen LogP contribution in [0.1, 0.15) is 15.9 Å². The molecule has 4 nitrogen and oxygen atoms in total. The van der Waals surface area contributed by atoms with Gasteiger partial charge in [-0.15, -0.1) is 0 Å². The molecule has 0 radical (unpaired) electrons. The van der Waals surface area contributed by atoms with Crippen molar-refractivity contribution >= 4 is 27.7 Å². The van der Waals surface area contributed by atoms with Gasteiger partial charge in [-0.3, -0.25) is 9.69 Å². The van der Waals surface area contributed by atoms with Gasteiger partial charge in [-0.2, -0.15) is 5.26 Å². The number of benzene rings is 1. The van der Waals surface area contributed by atoms with Crippen LogP contribution in [0.25, 0.3) is 0 Å². The Bertz CT molecular complexity index is 695. The van der Waals surface area contributed by atoms with Crippen LogP contribution in [0.3, 0.4) is 0 Å². The van der Waals surface area contributed by atoms with Crippen molar-refractivity contribution < 1.29 is 9.18 Å². The number of nitriles is 1. The Morgan fingerprint density at radius 3 is 2.75 bits per heavy atom. The molecule has 0 aliphatic heterocycles. The number of anilines is 1. The Morgan fingerprint density at radius 2 is 2.15 bits per heavy atom. The molecule has 0 aliphatic rings. The molecule has 1 aromatic carbocycles. The molecule has 100 valence electrons. The molecule has 6 heteroatoms. The molecule has 1 aromatic heterocycles. The quantitative estimate of drug-likeness (QED) is 0.848. The summed E-state index contributed by atoms with van der Waals surface area (Å²) in [5.74, 6) is -0.770. The molecule has 0 saturated carbocycles. The van der Waals surface area contributed by atoms with E-state index in [9.17, 15) is 9.18 Å². The first kappa shape index (κ1) is 14.2. The lowest BCUT2D eigenvalue weighted by molar-refractivity contribution is 0.0988. The number of hydrogen-bond acceptors (Lipinski definition) is 3. The Kier molecular flexibility index (Phi) is 4.11. The minimum atomic E-state index is -0.598. The fraction of sp³-hybridized carbons (Fsp3) is 0.0714. The normalized spacial score (nSPS) is 9.90. The van der Waals surface area contributed by atoms with Crippen molar-refractivity contribution in [3.63, 3.8) is 0 Å². The summed E-state index contributed by atoms with van der Waals surface area (Å²) < 4.78 is 14.3. The number of aromatic nitrogens is 1. The molecule has 2 aromatic rings. The number of amides is 1. The zero-order valence-corrected chi connectivity index (χ0v) is 12.1. The molecular weight excluding hydrogens is 325 g/mol. The van der Waals surface area contributed by atoms with Gasteiger partial charge in [-0.05, 0) is 30.3 Å². The second-order valence-corrected chi connectivity index (χ2v) is 4.92. The maximum atomic E-state index is 13.7. The number of pyridine rings is 1. The molecule has 0 unspecified atom stereocenters. The second-order valence-electron chi connectivity index (χ2n) is 4.01. The Morgan fingerprint density at radius 1 is 1.40 bits per heavy atom. The van der Waals surface area contributed by atoms with Crippen LogP contribution >= 0.6 is 15.9 Å². The van der Waals surface area contributed by atoms with Crippen molar-refractivity contribution in [1.82, 2.24) is 4.98 Å². The highest BCUT2D eigenvalue weighted by atomic mass is 79.9. The molecule has 0 bridgehead atoms. The molecule has 0 spiro atoms. The third-order valence-corrected chi connectivity index (χ3v) is 3.18. The van der Waals surface area contributed by atoms with Gasteiger partial charge in [0, 0.05) is 17.7 Å². The van der Waals surface area contributed by atoms with E-state index in [-0.39, 0.29) is 5.56 Å². The summed E-state index contributed by atoms with van der Waals surface area (Å²) in [6, 6.07) is 9.17. The smallest absolute Gasteiger partial charge is 0.262 e. The van der Waals surface area contributed by atoms with Crippen LogP contribution in [0, 0.1) is 17.1 Å². The summed E-state index contributed by atoms with van der Waals surface area (Å²) >= 11 is 3.20. The van der Waals surface area contributed by atoms with Crippen molar-refractivity contribution in [2.45, 2.75) is 0 Å². The molecule has 0 atom stereocenters. The summed E-state index contributed by atoms with van der Waals surface area (Å²) in [5.41, 5.74) is 0.344. The van der Waals surface area contributed by atoms with Crippen LogP contribution in [0.4, 0.5) is 10.2 Å². The van der Waals surface area contributed by atoms with Crippen molar-refractivity contribution in [3.05, 3.63) is 57.9 Å². The summed E-state index contributed by atoms with van der Waals surface area (Å²) in [6.45, 7) is 0. The maximum Gasteiger partial charge on any atom is 0.262 e. The third-order valence-electron chi connectivity index (χ3n) is 2.68. The Hall–Kier alpha value is -2.26. The van der Waals surface area contributed by atoms with Crippen molar-refractivity contribution in [1.29, 1.82) is 5.26 Å². The Balaban J connectivity index is 2.32. The largest absolute Gasteiger partial charge is 0.296 e. The highest BCUT2D eigenvalue weighted by Crippen LogP contribution is 2.19. The van der Waals surface area contributed by atoms with E-state index in [1.165, 1.54) is 42.4 Å². The van der Waals surface area contributed by atoms with Gasteiger partial charge in [0.25, 0.3) is 5.91 Å². The van der Waals surface area contributed by atoms with Crippen LogP contribution in [0.15, 0.2) is 41.0 Å². The number of nitrogens with zero attached hydrogens (tertiary/aromatic N) is 3. The molecule has 0 fully saturated rings. The molecule has 1 heterocycles. The van der Waals surface area contributed by atoms with Crippen molar-refractivity contribution in [2.24, 2.45) is 0 Å².